The Labute approximate surface area is 116 Å². The van der Waals surface area contributed by atoms with Crippen molar-refractivity contribution in [1.29, 1.82) is 0 Å². The Kier molecular flexibility index (Phi) is 4.91. The third-order valence-corrected chi connectivity index (χ3v) is 3.07. The van der Waals surface area contributed by atoms with E-state index in [1.807, 2.05) is 12.1 Å². The minimum atomic E-state index is 0.691. The van der Waals surface area contributed by atoms with Crippen LogP contribution in [-0.2, 0) is 0 Å². The van der Waals surface area contributed by atoms with Crippen molar-refractivity contribution in [3.05, 3.63) is 71.8 Å². The molecule has 0 unspecified atom stereocenters. The van der Waals surface area contributed by atoms with Crippen LogP contribution in [0, 0.1) is 5.92 Å². The molecule has 0 amide bonds. The van der Waals surface area contributed by atoms with Gasteiger partial charge >= 0.3 is 0 Å². The van der Waals surface area contributed by atoms with Crippen LogP contribution in [0.2, 0.25) is 0 Å². The summed E-state index contributed by atoms with van der Waals surface area (Å²) in [6.45, 7) is 5.36. The van der Waals surface area contributed by atoms with E-state index in [9.17, 15) is 0 Å². The predicted molar refractivity (Wildman–Crippen MR) is 82.8 cm³/mol. The monoisotopic (exact) mass is 251 g/mol. The number of aliphatic imine (C=N–C) groups is 1. The first kappa shape index (κ1) is 13.5. The van der Waals surface area contributed by atoms with Gasteiger partial charge in [0, 0.05) is 17.7 Å². The van der Waals surface area contributed by atoms with Crippen LogP contribution in [0.15, 0.2) is 65.7 Å². The van der Waals surface area contributed by atoms with Crippen molar-refractivity contribution in [3.8, 4) is 0 Å². The van der Waals surface area contributed by atoms with Gasteiger partial charge in [0.05, 0.1) is 5.71 Å². The van der Waals surface area contributed by atoms with Gasteiger partial charge < -0.3 is 0 Å². The lowest BCUT2D eigenvalue weighted by atomic mass is 10.0. The van der Waals surface area contributed by atoms with Crippen LogP contribution in [-0.4, -0.2) is 12.3 Å². The van der Waals surface area contributed by atoms with Crippen molar-refractivity contribution in [2.24, 2.45) is 10.9 Å². The summed E-state index contributed by atoms with van der Waals surface area (Å²) in [5.74, 6) is 0.691. The van der Waals surface area contributed by atoms with Crippen molar-refractivity contribution in [3.63, 3.8) is 0 Å². The highest BCUT2D eigenvalue weighted by atomic mass is 14.7. The number of nitrogens with zero attached hydrogens (tertiary/aromatic N) is 1. The molecule has 1 heteroatoms. The molecule has 19 heavy (non-hydrogen) atoms. The summed E-state index contributed by atoms with van der Waals surface area (Å²) >= 11 is 0. The summed E-state index contributed by atoms with van der Waals surface area (Å²) in [6.07, 6.45) is 1.13. The summed E-state index contributed by atoms with van der Waals surface area (Å²) in [5, 5.41) is 0. The molecule has 0 spiro atoms. The molecule has 0 radical (unpaired) electrons. The largest absolute Gasteiger partial charge is 0.284 e. The molecule has 0 aliphatic carbocycles. The molecule has 2 aromatic rings. The van der Waals surface area contributed by atoms with Gasteiger partial charge in [-0.1, -0.05) is 74.5 Å². The molecule has 2 aromatic carbocycles. The van der Waals surface area contributed by atoms with Gasteiger partial charge in [0.1, 0.15) is 0 Å². The van der Waals surface area contributed by atoms with Gasteiger partial charge in [-0.05, 0) is 12.3 Å². The second kappa shape index (κ2) is 6.89. The van der Waals surface area contributed by atoms with Crippen LogP contribution in [0.4, 0.5) is 0 Å². The standard InChI is InChI=1S/C18H21N/c1-15(2)13-14-19-18(16-9-5-3-6-10-16)17-11-7-4-8-12-17/h3-12,15H,13-14H2,1-2H3. The van der Waals surface area contributed by atoms with E-state index >= 15 is 0 Å². The summed E-state index contributed by atoms with van der Waals surface area (Å²) < 4.78 is 0. The SMILES string of the molecule is CC(C)CCN=C(c1ccccc1)c1ccccc1. The van der Waals surface area contributed by atoms with E-state index in [-0.39, 0.29) is 0 Å². The molecular formula is C18H21N. The number of hydrogen-bond donors (Lipinski definition) is 0. The van der Waals surface area contributed by atoms with Crippen LogP contribution in [0.25, 0.3) is 0 Å². The predicted octanol–water partition coefficient (Wildman–Crippen LogP) is 4.57. The zero-order chi connectivity index (χ0) is 13.5. The first-order valence-electron chi connectivity index (χ1n) is 6.92. The molecule has 0 saturated carbocycles. The van der Waals surface area contributed by atoms with Crippen LogP contribution < -0.4 is 0 Å². The lowest BCUT2D eigenvalue weighted by molar-refractivity contribution is 0.597. The maximum absolute atomic E-state index is 4.82. The molecule has 0 heterocycles. The van der Waals surface area contributed by atoms with Crippen molar-refractivity contribution in [2.75, 3.05) is 6.54 Å². The summed E-state index contributed by atoms with van der Waals surface area (Å²) in [4.78, 5) is 4.82. The van der Waals surface area contributed by atoms with Crippen LogP contribution >= 0.6 is 0 Å². The van der Waals surface area contributed by atoms with Gasteiger partial charge in [0.2, 0.25) is 0 Å². The molecule has 0 aliphatic heterocycles. The minimum absolute atomic E-state index is 0.691. The van der Waals surface area contributed by atoms with Gasteiger partial charge in [0.15, 0.2) is 0 Å². The molecule has 0 saturated heterocycles. The van der Waals surface area contributed by atoms with E-state index in [1.54, 1.807) is 0 Å². The minimum Gasteiger partial charge on any atom is -0.284 e. The fourth-order valence-corrected chi connectivity index (χ4v) is 1.98. The maximum Gasteiger partial charge on any atom is 0.0718 e. The van der Waals surface area contributed by atoms with Gasteiger partial charge in [0.25, 0.3) is 0 Å². The average molecular weight is 251 g/mol. The van der Waals surface area contributed by atoms with Gasteiger partial charge in [-0.25, -0.2) is 0 Å². The normalized spacial score (nSPS) is 10.5. The maximum atomic E-state index is 4.82. The molecule has 0 aliphatic rings. The molecule has 0 bridgehead atoms. The Bertz CT molecular complexity index is 470. The molecule has 0 aromatic heterocycles. The average Bonchev–Trinajstić information content (AvgIpc) is 2.45. The van der Waals surface area contributed by atoms with Gasteiger partial charge in [-0.3, -0.25) is 4.99 Å². The molecule has 0 atom stereocenters. The Morgan fingerprint density at radius 1 is 0.842 bits per heavy atom. The lowest BCUT2D eigenvalue weighted by Crippen LogP contribution is -2.05. The molecule has 0 fully saturated rings. The summed E-state index contributed by atoms with van der Waals surface area (Å²) in [5.41, 5.74) is 3.48. The summed E-state index contributed by atoms with van der Waals surface area (Å²) in [7, 11) is 0. The van der Waals surface area contributed by atoms with Gasteiger partial charge in [-0.15, -0.1) is 0 Å². The second-order valence-corrected chi connectivity index (χ2v) is 5.14. The highest BCUT2D eigenvalue weighted by Gasteiger charge is 2.05. The molecule has 1 nitrogen and oxygen atoms in total. The fraction of sp³-hybridized carbons (Fsp3) is 0.278. The quantitative estimate of drug-likeness (QED) is 0.690. The molecular weight excluding hydrogens is 230 g/mol. The lowest BCUT2D eigenvalue weighted by Gasteiger charge is -2.08. The Morgan fingerprint density at radius 2 is 1.32 bits per heavy atom. The van der Waals surface area contributed by atoms with Crippen LogP contribution in [0.1, 0.15) is 31.4 Å². The third-order valence-electron chi connectivity index (χ3n) is 3.07. The van der Waals surface area contributed by atoms with Crippen molar-refractivity contribution < 1.29 is 0 Å². The third kappa shape index (κ3) is 4.06. The topological polar surface area (TPSA) is 12.4 Å². The highest BCUT2D eigenvalue weighted by Crippen LogP contribution is 2.11. The zero-order valence-corrected chi connectivity index (χ0v) is 11.7. The van der Waals surface area contributed by atoms with Crippen molar-refractivity contribution in [1.82, 2.24) is 0 Å². The van der Waals surface area contributed by atoms with Crippen LogP contribution in [0.3, 0.4) is 0 Å². The zero-order valence-electron chi connectivity index (χ0n) is 11.7. The Morgan fingerprint density at radius 3 is 1.74 bits per heavy atom. The number of rotatable bonds is 5. The van der Waals surface area contributed by atoms with E-state index in [4.69, 9.17) is 4.99 Å². The first-order chi connectivity index (χ1) is 9.27. The van der Waals surface area contributed by atoms with Crippen molar-refractivity contribution in [2.45, 2.75) is 20.3 Å². The van der Waals surface area contributed by atoms with E-state index in [1.165, 1.54) is 11.1 Å². The van der Waals surface area contributed by atoms with E-state index in [0.717, 1.165) is 18.7 Å². The number of hydrogen-bond acceptors (Lipinski definition) is 1. The Hall–Kier alpha value is -1.89. The molecule has 98 valence electrons. The highest BCUT2D eigenvalue weighted by molar-refractivity contribution is 6.12. The molecule has 2 rings (SSSR count). The van der Waals surface area contributed by atoms with E-state index in [0.29, 0.717) is 5.92 Å². The summed E-state index contributed by atoms with van der Waals surface area (Å²) in [6, 6.07) is 20.9. The second-order valence-electron chi connectivity index (χ2n) is 5.14. The van der Waals surface area contributed by atoms with Crippen LogP contribution in [0.5, 0.6) is 0 Å². The molecule has 0 N–H and O–H groups in total. The smallest absolute Gasteiger partial charge is 0.0718 e. The van der Waals surface area contributed by atoms with E-state index in [2.05, 4.69) is 62.4 Å². The Balaban J connectivity index is 2.29. The van der Waals surface area contributed by atoms with Crippen molar-refractivity contribution >= 4 is 5.71 Å². The van der Waals surface area contributed by atoms with Gasteiger partial charge in [-0.2, -0.15) is 0 Å². The first-order valence-corrected chi connectivity index (χ1v) is 6.92. The van der Waals surface area contributed by atoms with E-state index < -0.39 is 0 Å². The number of benzene rings is 2. The fourth-order valence-electron chi connectivity index (χ4n) is 1.98.